The minimum atomic E-state index is -0.273. The van der Waals surface area contributed by atoms with Crippen LogP contribution < -0.4 is 0 Å². The Bertz CT molecular complexity index is 1210. The van der Waals surface area contributed by atoms with Gasteiger partial charge in [-0.15, -0.1) is 25.1 Å². The van der Waals surface area contributed by atoms with Crippen LogP contribution in [-0.4, -0.2) is 39.8 Å². The van der Waals surface area contributed by atoms with E-state index in [0.717, 1.165) is 5.69 Å². The second kappa shape index (κ2) is 6.34. The normalized spacial score (nSPS) is 12.1. The van der Waals surface area contributed by atoms with Gasteiger partial charge < -0.3 is 4.98 Å². The fourth-order valence-electron chi connectivity index (χ4n) is 2.70. The van der Waals surface area contributed by atoms with Crippen LogP contribution in [0.3, 0.4) is 0 Å². The zero-order chi connectivity index (χ0) is 19.9. The van der Waals surface area contributed by atoms with E-state index in [-0.39, 0.29) is 16.9 Å². The number of nitrogens with zero attached hydrogens (tertiary/aromatic N) is 10. The third-order valence-electron chi connectivity index (χ3n) is 3.96. The van der Waals surface area contributed by atoms with Gasteiger partial charge >= 0.3 is 0 Å². The van der Waals surface area contributed by atoms with E-state index in [4.69, 9.17) is 6.57 Å². The topological polar surface area (TPSA) is 119 Å². The summed E-state index contributed by atoms with van der Waals surface area (Å²) in [5.41, 5.74) is 1.93. The zero-order valence-electron chi connectivity index (χ0n) is 15.8. The van der Waals surface area contributed by atoms with Gasteiger partial charge in [-0.1, -0.05) is 20.8 Å². The summed E-state index contributed by atoms with van der Waals surface area (Å²) in [6.07, 6.45) is 2.98. The summed E-state index contributed by atoms with van der Waals surface area (Å²) in [6.45, 7) is 15.3. The van der Waals surface area contributed by atoms with E-state index in [9.17, 15) is 0 Å². The van der Waals surface area contributed by atoms with Crippen molar-refractivity contribution in [1.82, 2.24) is 39.8 Å². The lowest BCUT2D eigenvalue weighted by Crippen LogP contribution is -2.12. The second-order valence-electron chi connectivity index (χ2n) is 7.15. The number of H-pyrrole nitrogens is 1. The monoisotopic (exact) mass is 375 g/mol. The molecule has 11 nitrogen and oxygen atoms in total. The molecule has 4 aromatic rings. The first kappa shape index (κ1) is 17.5. The van der Waals surface area contributed by atoms with Crippen molar-refractivity contribution in [2.75, 3.05) is 0 Å². The minimum Gasteiger partial charge on any atom is -0.324 e. The molecular weight excluding hydrogens is 358 g/mol. The van der Waals surface area contributed by atoms with Crippen LogP contribution in [0.25, 0.3) is 16.3 Å². The van der Waals surface area contributed by atoms with Crippen molar-refractivity contribution < 1.29 is 0 Å². The third kappa shape index (κ3) is 2.90. The van der Waals surface area contributed by atoms with Crippen molar-refractivity contribution in [3.05, 3.63) is 47.5 Å². The molecular formula is C17H17N11. The second-order valence-corrected chi connectivity index (χ2v) is 7.15. The molecule has 0 aliphatic rings. The van der Waals surface area contributed by atoms with Crippen LogP contribution in [0.2, 0.25) is 0 Å². The number of aromatic amines is 1. The third-order valence-corrected chi connectivity index (χ3v) is 3.96. The molecule has 0 fully saturated rings. The fourth-order valence-corrected chi connectivity index (χ4v) is 2.70. The minimum absolute atomic E-state index is 0.260. The average molecular weight is 375 g/mol. The van der Waals surface area contributed by atoms with Crippen LogP contribution in [0, 0.1) is 13.5 Å². The maximum Gasteiger partial charge on any atom is 0.252 e. The first-order valence-electron chi connectivity index (χ1n) is 8.50. The van der Waals surface area contributed by atoms with E-state index in [1.54, 1.807) is 18.3 Å². The molecule has 4 rings (SSSR count). The van der Waals surface area contributed by atoms with E-state index in [1.807, 2.05) is 27.7 Å². The molecule has 0 radical (unpaired) electrons. The summed E-state index contributed by atoms with van der Waals surface area (Å²) in [5.74, 6) is 1.43. The highest BCUT2D eigenvalue weighted by atomic mass is 15.5. The number of hydrogen-bond donors (Lipinski definition) is 1. The van der Waals surface area contributed by atoms with Crippen molar-refractivity contribution in [2.24, 2.45) is 10.2 Å². The van der Waals surface area contributed by atoms with Crippen molar-refractivity contribution in [3.8, 4) is 5.82 Å². The maximum absolute atomic E-state index is 7.39. The van der Waals surface area contributed by atoms with Gasteiger partial charge in [-0.2, -0.15) is 15.3 Å². The zero-order valence-corrected chi connectivity index (χ0v) is 15.8. The molecule has 0 aliphatic heterocycles. The summed E-state index contributed by atoms with van der Waals surface area (Å²) >= 11 is 0. The van der Waals surface area contributed by atoms with Crippen molar-refractivity contribution >= 4 is 22.8 Å². The van der Waals surface area contributed by atoms with Crippen LogP contribution in [0.15, 0.2) is 34.8 Å². The predicted molar refractivity (Wildman–Crippen MR) is 100 cm³/mol. The van der Waals surface area contributed by atoms with E-state index in [1.165, 1.54) is 15.5 Å². The Morgan fingerprint density at radius 3 is 2.71 bits per heavy atom. The molecule has 0 spiro atoms. The summed E-state index contributed by atoms with van der Waals surface area (Å²) in [7, 11) is 0. The number of fused-ring (bicyclic) bond motifs is 1. The van der Waals surface area contributed by atoms with Gasteiger partial charge in [-0.3, -0.25) is 0 Å². The largest absolute Gasteiger partial charge is 0.324 e. The van der Waals surface area contributed by atoms with Crippen LogP contribution >= 0.6 is 0 Å². The molecule has 28 heavy (non-hydrogen) atoms. The van der Waals surface area contributed by atoms with E-state index < -0.39 is 0 Å². The van der Waals surface area contributed by atoms with Gasteiger partial charge in [0.1, 0.15) is 5.82 Å². The van der Waals surface area contributed by atoms with Gasteiger partial charge in [0.15, 0.2) is 23.0 Å². The lowest BCUT2D eigenvalue weighted by molar-refractivity contribution is 0.557. The number of nitrogens with one attached hydrogen (secondary N) is 1. The molecule has 0 aromatic carbocycles. The van der Waals surface area contributed by atoms with Crippen LogP contribution in [0.4, 0.5) is 17.2 Å². The average Bonchev–Trinajstić information content (AvgIpc) is 3.32. The molecule has 0 saturated carbocycles. The maximum atomic E-state index is 7.39. The highest BCUT2D eigenvalue weighted by Gasteiger charge is 2.26. The highest BCUT2D eigenvalue weighted by molar-refractivity contribution is 5.69. The Morgan fingerprint density at radius 1 is 1.21 bits per heavy atom. The highest BCUT2D eigenvalue weighted by Crippen LogP contribution is 2.36. The summed E-state index contributed by atoms with van der Waals surface area (Å²) < 4.78 is 2.94. The van der Waals surface area contributed by atoms with Gasteiger partial charge in [0.05, 0.1) is 18.5 Å². The van der Waals surface area contributed by atoms with Gasteiger partial charge in [0, 0.05) is 11.6 Å². The molecule has 4 aromatic heterocycles. The first-order valence-corrected chi connectivity index (χ1v) is 8.50. The molecule has 0 aliphatic carbocycles. The molecule has 140 valence electrons. The molecule has 1 N–H and O–H groups in total. The summed E-state index contributed by atoms with van der Waals surface area (Å²) in [4.78, 5) is 6.63. The number of aromatic nitrogens is 8. The molecule has 0 bridgehead atoms. The van der Waals surface area contributed by atoms with Crippen molar-refractivity contribution in [3.63, 3.8) is 0 Å². The number of aryl methyl sites for hydroxylation is 1. The molecule has 11 heteroatoms. The first-order chi connectivity index (χ1) is 13.4. The summed E-state index contributed by atoms with van der Waals surface area (Å²) in [6, 6.07) is 3.46. The van der Waals surface area contributed by atoms with Crippen molar-refractivity contribution in [2.45, 2.75) is 33.1 Å². The van der Waals surface area contributed by atoms with Crippen LogP contribution in [0.1, 0.15) is 32.3 Å². The van der Waals surface area contributed by atoms with Gasteiger partial charge in [0.2, 0.25) is 0 Å². The SMILES string of the molecule is [C-]#[N+]c1cnn(-c2cccnn2)c1/N=N/c1c(C(C)(C)C)nn2nc(C)[nH]c12. The Balaban J connectivity index is 1.87. The standard InChI is InChI=1S/C17H17N11/c1-10-21-16-13(14(17(2,3)4)26-28(16)25-10)23-24-15-11(18-5)9-20-27(15)12-7-6-8-19-22-12/h6-9H,1-4H3,(H,21,25)/b24-23+. The van der Waals surface area contributed by atoms with Gasteiger partial charge in [-0.25, -0.2) is 9.53 Å². The van der Waals surface area contributed by atoms with Gasteiger partial charge in [-0.05, 0) is 19.1 Å². The Hall–Kier alpha value is -3.94. The Morgan fingerprint density at radius 2 is 2.04 bits per heavy atom. The molecule has 0 saturated heterocycles. The van der Waals surface area contributed by atoms with Crippen LogP contribution in [0.5, 0.6) is 0 Å². The Kier molecular flexibility index (Phi) is 3.96. The van der Waals surface area contributed by atoms with E-state index >= 15 is 0 Å². The molecule has 0 amide bonds. The van der Waals surface area contributed by atoms with E-state index in [0.29, 0.717) is 23.0 Å². The predicted octanol–water partition coefficient (Wildman–Crippen LogP) is 3.61. The number of hydrogen-bond acceptors (Lipinski definition) is 7. The fraction of sp³-hybridized carbons (Fsp3) is 0.294. The van der Waals surface area contributed by atoms with E-state index in [2.05, 4.69) is 45.6 Å². The lowest BCUT2D eigenvalue weighted by Gasteiger charge is -2.15. The quantitative estimate of drug-likeness (QED) is 0.433. The van der Waals surface area contributed by atoms with Gasteiger partial charge in [0.25, 0.3) is 5.69 Å². The molecule has 0 unspecified atom stereocenters. The van der Waals surface area contributed by atoms with Crippen LogP contribution in [-0.2, 0) is 5.41 Å². The van der Waals surface area contributed by atoms with Crippen molar-refractivity contribution in [1.29, 1.82) is 0 Å². The number of rotatable bonds is 3. The molecule has 4 heterocycles. The smallest absolute Gasteiger partial charge is 0.252 e. The lowest BCUT2D eigenvalue weighted by atomic mass is 9.91. The molecule has 0 atom stereocenters. The number of azo groups is 1. The Labute approximate surface area is 160 Å². The summed E-state index contributed by atoms with van der Waals surface area (Å²) in [5, 5.41) is 29.7.